The van der Waals surface area contributed by atoms with E-state index in [0.29, 0.717) is 0 Å². The van der Waals surface area contributed by atoms with E-state index in [1.165, 1.54) is 0 Å². The molecule has 2 aliphatic heterocycles. The molecule has 0 spiro atoms. The summed E-state index contributed by atoms with van der Waals surface area (Å²) in [4.78, 5) is 0. The molecule has 2 fully saturated rings. The lowest BCUT2D eigenvalue weighted by Crippen LogP contribution is -2.62. The topological polar surface area (TPSA) is 77.4 Å². The molecule has 2 aliphatic rings. The fourth-order valence-electron chi connectivity index (χ4n) is 3.25. The standard InChI is InChI=1S/C20H22O6/c21-16-17(22)20(23-11-13-7-3-1-4-8-13)25-15-12-24-19(26-18(15)16)14-9-5-2-6-10-14/h1-10,15-22H,11-12H2/t15-,16-,17-,18+,19+,20+/m1/s1. The minimum atomic E-state index is -1.20. The fraction of sp³-hybridized carbons (Fsp3) is 0.400. The fourth-order valence-corrected chi connectivity index (χ4v) is 3.25. The summed E-state index contributed by atoms with van der Waals surface area (Å²) in [6, 6.07) is 19.1. The van der Waals surface area contributed by atoms with Crippen LogP contribution in [0.3, 0.4) is 0 Å². The van der Waals surface area contributed by atoms with E-state index in [-0.39, 0.29) is 13.2 Å². The van der Waals surface area contributed by atoms with Gasteiger partial charge in [0.1, 0.15) is 24.4 Å². The number of aliphatic hydroxyl groups is 2. The second-order valence-corrected chi connectivity index (χ2v) is 6.50. The zero-order valence-corrected chi connectivity index (χ0v) is 14.2. The first-order chi connectivity index (χ1) is 12.7. The smallest absolute Gasteiger partial charge is 0.187 e. The van der Waals surface area contributed by atoms with Crippen molar-refractivity contribution in [2.45, 2.75) is 43.6 Å². The van der Waals surface area contributed by atoms with Gasteiger partial charge in [0.25, 0.3) is 0 Å². The van der Waals surface area contributed by atoms with Gasteiger partial charge in [-0.2, -0.15) is 0 Å². The molecule has 6 nitrogen and oxygen atoms in total. The van der Waals surface area contributed by atoms with E-state index in [0.717, 1.165) is 11.1 Å². The number of fused-ring (bicyclic) bond motifs is 1. The molecule has 0 radical (unpaired) electrons. The lowest BCUT2D eigenvalue weighted by molar-refractivity contribution is -0.362. The van der Waals surface area contributed by atoms with Gasteiger partial charge in [-0.1, -0.05) is 60.7 Å². The van der Waals surface area contributed by atoms with Crippen molar-refractivity contribution >= 4 is 0 Å². The molecule has 4 rings (SSSR count). The second-order valence-electron chi connectivity index (χ2n) is 6.50. The summed E-state index contributed by atoms with van der Waals surface area (Å²) in [6.07, 6.45) is -5.04. The zero-order valence-electron chi connectivity index (χ0n) is 14.2. The summed E-state index contributed by atoms with van der Waals surface area (Å²) in [6.45, 7) is 0.528. The Labute approximate surface area is 151 Å². The van der Waals surface area contributed by atoms with Crippen molar-refractivity contribution in [3.8, 4) is 0 Å². The molecule has 0 aliphatic carbocycles. The van der Waals surface area contributed by atoms with Gasteiger partial charge >= 0.3 is 0 Å². The third-order valence-corrected chi connectivity index (χ3v) is 4.66. The molecule has 2 heterocycles. The molecule has 0 unspecified atom stereocenters. The number of rotatable bonds is 4. The Hall–Kier alpha value is -1.80. The Morgan fingerprint density at radius 2 is 1.58 bits per heavy atom. The highest BCUT2D eigenvalue weighted by molar-refractivity contribution is 5.17. The SMILES string of the molecule is O[C@@H]1[C@@H](O)[C@@H](OCc2ccccc2)O[C@@H]2CO[C@H](c3ccccc3)O[C@H]12. The van der Waals surface area contributed by atoms with Crippen LogP contribution >= 0.6 is 0 Å². The average Bonchev–Trinajstić information content (AvgIpc) is 2.71. The normalized spacial score (nSPS) is 34.2. The first-order valence-electron chi connectivity index (χ1n) is 8.71. The van der Waals surface area contributed by atoms with Crippen LogP contribution in [0.1, 0.15) is 17.4 Å². The minimum Gasteiger partial charge on any atom is -0.387 e. The Morgan fingerprint density at radius 3 is 2.31 bits per heavy atom. The summed E-state index contributed by atoms with van der Waals surface area (Å²) in [7, 11) is 0. The van der Waals surface area contributed by atoms with E-state index in [1.807, 2.05) is 60.7 Å². The first-order valence-corrected chi connectivity index (χ1v) is 8.71. The van der Waals surface area contributed by atoms with Crippen molar-refractivity contribution in [2.75, 3.05) is 6.61 Å². The van der Waals surface area contributed by atoms with Gasteiger partial charge in [-0.15, -0.1) is 0 Å². The van der Waals surface area contributed by atoms with Gasteiger partial charge in [-0.3, -0.25) is 0 Å². The van der Waals surface area contributed by atoms with Gasteiger partial charge in [-0.25, -0.2) is 0 Å². The van der Waals surface area contributed by atoms with E-state index in [9.17, 15) is 10.2 Å². The van der Waals surface area contributed by atoms with Gasteiger partial charge in [0, 0.05) is 5.56 Å². The minimum absolute atomic E-state index is 0.249. The third kappa shape index (κ3) is 3.66. The summed E-state index contributed by atoms with van der Waals surface area (Å²) in [5.41, 5.74) is 1.82. The summed E-state index contributed by atoms with van der Waals surface area (Å²) in [5.74, 6) is 0. The maximum absolute atomic E-state index is 10.5. The van der Waals surface area contributed by atoms with E-state index in [2.05, 4.69) is 0 Å². The largest absolute Gasteiger partial charge is 0.387 e. The number of benzene rings is 2. The predicted molar refractivity (Wildman–Crippen MR) is 91.9 cm³/mol. The van der Waals surface area contributed by atoms with Crippen LogP contribution in [-0.2, 0) is 25.6 Å². The molecule has 6 heteroatoms. The van der Waals surface area contributed by atoms with Gasteiger partial charge in [-0.05, 0) is 5.56 Å². The van der Waals surface area contributed by atoms with Crippen LogP contribution < -0.4 is 0 Å². The van der Waals surface area contributed by atoms with E-state index < -0.39 is 37.0 Å². The molecule has 2 N–H and O–H groups in total. The van der Waals surface area contributed by atoms with Crippen LogP contribution in [0.2, 0.25) is 0 Å². The second kappa shape index (κ2) is 7.84. The molecule has 0 bridgehead atoms. The average molecular weight is 358 g/mol. The predicted octanol–water partition coefficient (Wildman–Crippen LogP) is 1.76. The molecule has 0 amide bonds. The molecular weight excluding hydrogens is 336 g/mol. The number of ether oxygens (including phenoxy) is 4. The lowest BCUT2D eigenvalue weighted by atomic mass is 9.98. The van der Waals surface area contributed by atoms with Crippen molar-refractivity contribution in [1.29, 1.82) is 0 Å². The molecule has 2 aromatic carbocycles. The molecule has 6 atom stereocenters. The lowest BCUT2D eigenvalue weighted by Gasteiger charge is -2.46. The van der Waals surface area contributed by atoms with Gasteiger partial charge in [0.15, 0.2) is 12.6 Å². The van der Waals surface area contributed by atoms with Crippen LogP contribution in [-0.4, -0.2) is 47.5 Å². The van der Waals surface area contributed by atoms with E-state index >= 15 is 0 Å². The molecule has 0 aromatic heterocycles. The molecule has 138 valence electrons. The Balaban J connectivity index is 1.40. The molecule has 2 aromatic rings. The maximum Gasteiger partial charge on any atom is 0.187 e. The van der Waals surface area contributed by atoms with Crippen molar-refractivity contribution < 1.29 is 29.2 Å². The first kappa shape index (κ1) is 17.6. The molecular formula is C20H22O6. The monoisotopic (exact) mass is 358 g/mol. The molecule has 2 saturated heterocycles. The van der Waals surface area contributed by atoms with E-state index in [1.54, 1.807) is 0 Å². The molecule has 0 saturated carbocycles. The number of hydrogen-bond acceptors (Lipinski definition) is 6. The molecule has 26 heavy (non-hydrogen) atoms. The van der Waals surface area contributed by atoms with Crippen LogP contribution in [0, 0.1) is 0 Å². The maximum atomic E-state index is 10.5. The van der Waals surface area contributed by atoms with Gasteiger partial charge in [0.05, 0.1) is 13.2 Å². The van der Waals surface area contributed by atoms with E-state index in [4.69, 9.17) is 18.9 Å². The highest BCUT2D eigenvalue weighted by Gasteiger charge is 2.49. The Morgan fingerprint density at radius 1 is 0.885 bits per heavy atom. The number of hydrogen-bond donors (Lipinski definition) is 2. The highest BCUT2D eigenvalue weighted by Crippen LogP contribution is 2.34. The number of aliphatic hydroxyl groups excluding tert-OH is 2. The van der Waals surface area contributed by atoms with Crippen molar-refractivity contribution in [2.24, 2.45) is 0 Å². The zero-order chi connectivity index (χ0) is 17.9. The van der Waals surface area contributed by atoms with Gasteiger partial charge in [0.2, 0.25) is 0 Å². The summed E-state index contributed by atoms with van der Waals surface area (Å²) < 4.78 is 23.1. The Kier molecular flexibility index (Phi) is 5.31. The quantitative estimate of drug-likeness (QED) is 0.867. The van der Waals surface area contributed by atoms with Gasteiger partial charge < -0.3 is 29.2 Å². The summed E-state index contributed by atoms with van der Waals surface area (Å²) >= 11 is 0. The third-order valence-electron chi connectivity index (χ3n) is 4.66. The van der Waals surface area contributed by atoms with Crippen LogP contribution in [0.4, 0.5) is 0 Å². The van der Waals surface area contributed by atoms with Crippen LogP contribution in [0.15, 0.2) is 60.7 Å². The summed E-state index contributed by atoms with van der Waals surface area (Å²) in [5, 5.41) is 20.9. The van der Waals surface area contributed by atoms with Crippen molar-refractivity contribution in [3.63, 3.8) is 0 Å². The highest BCUT2D eigenvalue weighted by atomic mass is 16.8. The Bertz CT molecular complexity index is 692. The van der Waals surface area contributed by atoms with Crippen molar-refractivity contribution in [1.82, 2.24) is 0 Å². The van der Waals surface area contributed by atoms with Crippen LogP contribution in [0.5, 0.6) is 0 Å². The van der Waals surface area contributed by atoms with Crippen LogP contribution in [0.25, 0.3) is 0 Å². The van der Waals surface area contributed by atoms with Crippen molar-refractivity contribution in [3.05, 3.63) is 71.8 Å².